The third kappa shape index (κ3) is 2.51. The summed E-state index contributed by atoms with van der Waals surface area (Å²) in [5.74, 6) is 0.988. The second kappa shape index (κ2) is 5.34. The van der Waals surface area contributed by atoms with Gasteiger partial charge in [-0.05, 0) is 37.7 Å². The van der Waals surface area contributed by atoms with Crippen LogP contribution in [0.4, 0.5) is 0 Å². The van der Waals surface area contributed by atoms with Gasteiger partial charge in [0.05, 0.1) is 0 Å². The van der Waals surface area contributed by atoms with Crippen LogP contribution in [0.15, 0.2) is 30.6 Å². The molecule has 0 saturated carbocycles. The Kier molecular flexibility index (Phi) is 3.82. The summed E-state index contributed by atoms with van der Waals surface area (Å²) in [5, 5.41) is 3.90. The molecule has 1 N–H and O–H groups in total. The molecular weight excluding hydrogens is 234 g/mol. The zero-order chi connectivity index (χ0) is 12.3. The van der Waals surface area contributed by atoms with Gasteiger partial charge in [0.2, 0.25) is 0 Å². The van der Waals surface area contributed by atoms with E-state index in [0.29, 0.717) is 0 Å². The van der Waals surface area contributed by atoms with Crippen LogP contribution in [-0.2, 0) is 13.1 Å². The van der Waals surface area contributed by atoms with Crippen LogP contribution in [-0.4, -0.2) is 16.6 Å². The van der Waals surface area contributed by atoms with Crippen LogP contribution in [0.5, 0.6) is 0 Å². The highest BCUT2D eigenvalue weighted by Gasteiger charge is 2.07. The lowest BCUT2D eigenvalue weighted by Gasteiger charge is -2.08. The molecule has 2 rings (SSSR count). The fourth-order valence-corrected chi connectivity index (χ4v) is 2.05. The molecule has 0 bridgehead atoms. The standard InChI is InChI=1S/C13H16ClN3/c1-3-17-7-6-16-13(17)10-4-5-12(14)11(8-10)9-15-2/h4-8,15H,3,9H2,1-2H3. The third-order valence-corrected chi connectivity index (χ3v) is 3.10. The fourth-order valence-electron chi connectivity index (χ4n) is 1.86. The summed E-state index contributed by atoms with van der Waals surface area (Å²) < 4.78 is 2.12. The van der Waals surface area contributed by atoms with Crippen LogP contribution in [0.1, 0.15) is 12.5 Å². The summed E-state index contributed by atoms with van der Waals surface area (Å²) in [6.45, 7) is 3.79. The number of aromatic nitrogens is 2. The van der Waals surface area contributed by atoms with Gasteiger partial charge >= 0.3 is 0 Å². The maximum absolute atomic E-state index is 6.14. The van der Waals surface area contributed by atoms with Crippen molar-refractivity contribution in [1.82, 2.24) is 14.9 Å². The predicted molar refractivity (Wildman–Crippen MR) is 71.1 cm³/mol. The quantitative estimate of drug-likeness (QED) is 0.903. The molecule has 0 radical (unpaired) electrons. The molecule has 1 aromatic heterocycles. The first kappa shape index (κ1) is 12.1. The van der Waals surface area contributed by atoms with E-state index in [9.17, 15) is 0 Å². The first-order chi connectivity index (χ1) is 8.26. The number of benzene rings is 1. The number of nitrogens with zero attached hydrogens (tertiary/aromatic N) is 2. The molecule has 0 unspecified atom stereocenters. The van der Waals surface area contributed by atoms with Crippen molar-refractivity contribution in [1.29, 1.82) is 0 Å². The van der Waals surface area contributed by atoms with E-state index < -0.39 is 0 Å². The van der Waals surface area contributed by atoms with E-state index in [0.717, 1.165) is 35.1 Å². The van der Waals surface area contributed by atoms with E-state index in [-0.39, 0.29) is 0 Å². The lowest BCUT2D eigenvalue weighted by molar-refractivity contribution is 0.770. The number of halogens is 1. The van der Waals surface area contributed by atoms with E-state index in [1.165, 1.54) is 0 Å². The smallest absolute Gasteiger partial charge is 0.139 e. The van der Waals surface area contributed by atoms with Crippen molar-refractivity contribution in [3.63, 3.8) is 0 Å². The number of nitrogens with one attached hydrogen (secondary N) is 1. The van der Waals surface area contributed by atoms with Gasteiger partial charge in [0, 0.05) is 36.1 Å². The maximum atomic E-state index is 6.14. The van der Waals surface area contributed by atoms with Crippen molar-refractivity contribution >= 4 is 11.6 Å². The summed E-state index contributed by atoms with van der Waals surface area (Å²) in [6.07, 6.45) is 3.81. The number of aryl methyl sites for hydroxylation is 1. The summed E-state index contributed by atoms with van der Waals surface area (Å²) in [7, 11) is 1.91. The van der Waals surface area contributed by atoms with E-state index >= 15 is 0 Å². The molecule has 0 spiro atoms. The van der Waals surface area contributed by atoms with Crippen LogP contribution in [0.25, 0.3) is 11.4 Å². The van der Waals surface area contributed by atoms with Crippen LogP contribution in [0.2, 0.25) is 5.02 Å². The summed E-state index contributed by atoms with van der Waals surface area (Å²) >= 11 is 6.14. The van der Waals surface area contributed by atoms with Gasteiger partial charge in [-0.2, -0.15) is 0 Å². The number of hydrogen-bond donors (Lipinski definition) is 1. The third-order valence-electron chi connectivity index (χ3n) is 2.73. The van der Waals surface area contributed by atoms with Crippen LogP contribution >= 0.6 is 11.6 Å². The Morgan fingerprint density at radius 2 is 2.24 bits per heavy atom. The monoisotopic (exact) mass is 249 g/mol. The second-order valence-corrected chi connectivity index (χ2v) is 4.28. The molecule has 0 aliphatic carbocycles. The Morgan fingerprint density at radius 3 is 2.94 bits per heavy atom. The van der Waals surface area contributed by atoms with E-state index in [4.69, 9.17) is 11.6 Å². The van der Waals surface area contributed by atoms with Crippen molar-refractivity contribution in [2.24, 2.45) is 0 Å². The first-order valence-corrected chi connectivity index (χ1v) is 6.08. The molecule has 0 fully saturated rings. The lowest BCUT2D eigenvalue weighted by Crippen LogP contribution is -2.06. The minimum absolute atomic E-state index is 0.763. The van der Waals surface area contributed by atoms with Gasteiger partial charge in [-0.25, -0.2) is 4.98 Å². The Balaban J connectivity index is 2.42. The van der Waals surface area contributed by atoms with E-state index in [2.05, 4.69) is 27.9 Å². The summed E-state index contributed by atoms with van der Waals surface area (Å²) in [6, 6.07) is 6.03. The Hall–Kier alpha value is -1.32. The molecule has 0 amide bonds. The second-order valence-electron chi connectivity index (χ2n) is 3.87. The van der Waals surface area contributed by atoms with Gasteiger partial charge in [-0.1, -0.05) is 11.6 Å². The molecule has 90 valence electrons. The molecule has 0 atom stereocenters. The Bertz CT molecular complexity index is 505. The molecule has 17 heavy (non-hydrogen) atoms. The maximum Gasteiger partial charge on any atom is 0.139 e. The van der Waals surface area contributed by atoms with Gasteiger partial charge in [0.15, 0.2) is 0 Å². The van der Waals surface area contributed by atoms with Gasteiger partial charge in [0.25, 0.3) is 0 Å². The van der Waals surface area contributed by atoms with E-state index in [1.54, 1.807) is 0 Å². The van der Waals surface area contributed by atoms with Crippen molar-refractivity contribution in [2.75, 3.05) is 7.05 Å². The minimum Gasteiger partial charge on any atom is -0.331 e. The zero-order valence-electron chi connectivity index (χ0n) is 10.1. The number of imidazole rings is 1. The van der Waals surface area contributed by atoms with Gasteiger partial charge < -0.3 is 9.88 Å². The van der Waals surface area contributed by atoms with Crippen molar-refractivity contribution < 1.29 is 0 Å². The van der Waals surface area contributed by atoms with Gasteiger partial charge in [0.1, 0.15) is 5.82 Å². The average molecular weight is 250 g/mol. The molecule has 0 saturated heterocycles. The first-order valence-electron chi connectivity index (χ1n) is 5.70. The highest BCUT2D eigenvalue weighted by molar-refractivity contribution is 6.31. The molecule has 2 aromatic rings. The van der Waals surface area contributed by atoms with Gasteiger partial charge in [-0.3, -0.25) is 0 Å². The highest BCUT2D eigenvalue weighted by atomic mass is 35.5. The van der Waals surface area contributed by atoms with Gasteiger partial charge in [-0.15, -0.1) is 0 Å². The van der Waals surface area contributed by atoms with Crippen LogP contribution < -0.4 is 5.32 Å². The average Bonchev–Trinajstić information content (AvgIpc) is 2.80. The Morgan fingerprint density at radius 1 is 1.41 bits per heavy atom. The minimum atomic E-state index is 0.763. The predicted octanol–water partition coefficient (Wildman–Crippen LogP) is 2.94. The molecule has 1 aromatic carbocycles. The molecule has 0 aliphatic heterocycles. The van der Waals surface area contributed by atoms with Crippen molar-refractivity contribution in [3.05, 3.63) is 41.2 Å². The number of rotatable bonds is 4. The van der Waals surface area contributed by atoms with Crippen molar-refractivity contribution in [2.45, 2.75) is 20.0 Å². The molecular formula is C13H16ClN3. The van der Waals surface area contributed by atoms with Crippen LogP contribution in [0.3, 0.4) is 0 Å². The highest BCUT2D eigenvalue weighted by Crippen LogP contribution is 2.24. The molecule has 1 heterocycles. The number of hydrogen-bond acceptors (Lipinski definition) is 2. The zero-order valence-corrected chi connectivity index (χ0v) is 10.8. The fraction of sp³-hybridized carbons (Fsp3) is 0.308. The van der Waals surface area contributed by atoms with E-state index in [1.807, 2.05) is 31.6 Å². The normalized spacial score (nSPS) is 10.8. The summed E-state index contributed by atoms with van der Waals surface area (Å²) in [4.78, 5) is 4.39. The molecule has 0 aliphatic rings. The van der Waals surface area contributed by atoms with Crippen LogP contribution in [0, 0.1) is 0 Å². The largest absolute Gasteiger partial charge is 0.331 e. The topological polar surface area (TPSA) is 29.9 Å². The SMILES string of the molecule is CCn1ccnc1-c1ccc(Cl)c(CNC)c1. The molecule has 3 nitrogen and oxygen atoms in total. The molecule has 4 heteroatoms. The lowest BCUT2D eigenvalue weighted by atomic mass is 10.1. The van der Waals surface area contributed by atoms with Crippen molar-refractivity contribution in [3.8, 4) is 11.4 Å². The Labute approximate surface area is 106 Å². The summed E-state index contributed by atoms with van der Waals surface area (Å²) in [5.41, 5.74) is 2.20.